The van der Waals surface area contributed by atoms with E-state index in [0.29, 0.717) is 21.4 Å². The molecule has 4 heteroatoms. The second-order valence-corrected chi connectivity index (χ2v) is 4.21. The summed E-state index contributed by atoms with van der Waals surface area (Å²) >= 11 is 11.7. The Labute approximate surface area is 103 Å². The standard InChI is InChI=1S/C12H8Cl2O2/c1-7-2-5-11(16-7)12(15)9-4-3-8(13)6-10(9)14/h2-6H,1H3. The number of benzene rings is 1. The molecule has 2 aromatic rings. The molecule has 0 aliphatic heterocycles. The molecule has 0 bridgehead atoms. The summed E-state index contributed by atoms with van der Waals surface area (Å²) < 4.78 is 5.24. The van der Waals surface area contributed by atoms with Gasteiger partial charge in [0.1, 0.15) is 5.76 Å². The summed E-state index contributed by atoms with van der Waals surface area (Å²) in [7, 11) is 0. The summed E-state index contributed by atoms with van der Waals surface area (Å²) in [4.78, 5) is 12.0. The van der Waals surface area contributed by atoms with Gasteiger partial charge in [0.05, 0.1) is 5.02 Å². The maximum atomic E-state index is 12.0. The van der Waals surface area contributed by atoms with Gasteiger partial charge in [-0.2, -0.15) is 0 Å². The summed E-state index contributed by atoms with van der Waals surface area (Å²) in [5.41, 5.74) is 0.389. The molecule has 0 saturated heterocycles. The molecule has 0 N–H and O–H groups in total. The van der Waals surface area contributed by atoms with E-state index in [1.165, 1.54) is 6.07 Å². The third-order valence-electron chi connectivity index (χ3n) is 2.14. The summed E-state index contributed by atoms with van der Waals surface area (Å²) in [6.45, 7) is 1.78. The lowest BCUT2D eigenvalue weighted by atomic mass is 10.1. The van der Waals surface area contributed by atoms with Crippen molar-refractivity contribution in [2.45, 2.75) is 6.92 Å². The maximum Gasteiger partial charge on any atom is 0.229 e. The Kier molecular flexibility index (Phi) is 3.03. The molecule has 0 aliphatic rings. The predicted molar refractivity (Wildman–Crippen MR) is 63.3 cm³/mol. The van der Waals surface area contributed by atoms with Gasteiger partial charge in [-0.15, -0.1) is 0 Å². The van der Waals surface area contributed by atoms with E-state index in [0.717, 1.165) is 0 Å². The zero-order valence-electron chi connectivity index (χ0n) is 8.46. The molecule has 2 rings (SSSR count). The lowest BCUT2D eigenvalue weighted by Crippen LogP contribution is -2.00. The van der Waals surface area contributed by atoms with E-state index in [1.807, 2.05) is 0 Å². The lowest BCUT2D eigenvalue weighted by molar-refractivity contribution is 0.101. The number of rotatable bonds is 2. The molecule has 0 atom stereocenters. The molecule has 82 valence electrons. The van der Waals surface area contributed by atoms with Crippen LogP contribution in [0, 0.1) is 6.92 Å². The van der Waals surface area contributed by atoms with Gasteiger partial charge in [0.25, 0.3) is 0 Å². The van der Waals surface area contributed by atoms with E-state index in [-0.39, 0.29) is 11.5 Å². The van der Waals surface area contributed by atoms with Crippen LogP contribution in [0.4, 0.5) is 0 Å². The molecule has 16 heavy (non-hydrogen) atoms. The lowest BCUT2D eigenvalue weighted by Gasteiger charge is -2.01. The van der Waals surface area contributed by atoms with Gasteiger partial charge in [-0.3, -0.25) is 4.79 Å². The molecule has 0 radical (unpaired) electrons. The number of aryl methyl sites for hydroxylation is 1. The van der Waals surface area contributed by atoms with Crippen molar-refractivity contribution in [3.8, 4) is 0 Å². The van der Waals surface area contributed by atoms with Crippen LogP contribution in [0.1, 0.15) is 21.9 Å². The molecule has 0 unspecified atom stereocenters. The molecule has 0 amide bonds. The highest BCUT2D eigenvalue weighted by Gasteiger charge is 2.16. The molecule has 2 nitrogen and oxygen atoms in total. The van der Waals surface area contributed by atoms with Gasteiger partial charge < -0.3 is 4.42 Å². The van der Waals surface area contributed by atoms with Crippen LogP contribution >= 0.6 is 23.2 Å². The summed E-state index contributed by atoms with van der Waals surface area (Å²) in [5, 5.41) is 0.823. The van der Waals surface area contributed by atoms with E-state index in [2.05, 4.69) is 0 Å². The van der Waals surface area contributed by atoms with Crippen molar-refractivity contribution in [1.29, 1.82) is 0 Å². The van der Waals surface area contributed by atoms with Crippen molar-refractivity contribution in [2.75, 3.05) is 0 Å². The first-order valence-electron chi connectivity index (χ1n) is 4.64. The topological polar surface area (TPSA) is 30.2 Å². The summed E-state index contributed by atoms with van der Waals surface area (Å²) in [5.74, 6) is 0.727. The van der Waals surface area contributed by atoms with Crippen LogP contribution in [-0.2, 0) is 0 Å². The maximum absolute atomic E-state index is 12.0. The molecule has 1 aromatic carbocycles. The van der Waals surface area contributed by atoms with E-state index in [4.69, 9.17) is 27.6 Å². The van der Waals surface area contributed by atoms with Crippen LogP contribution in [0.2, 0.25) is 10.0 Å². The van der Waals surface area contributed by atoms with Gasteiger partial charge >= 0.3 is 0 Å². The predicted octanol–water partition coefficient (Wildman–Crippen LogP) is 4.13. The van der Waals surface area contributed by atoms with Crippen molar-refractivity contribution >= 4 is 29.0 Å². The van der Waals surface area contributed by atoms with Gasteiger partial charge in [-0.25, -0.2) is 0 Å². The van der Waals surface area contributed by atoms with E-state index >= 15 is 0 Å². The number of hydrogen-bond donors (Lipinski definition) is 0. The largest absolute Gasteiger partial charge is 0.458 e. The Hall–Kier alpha value is -1.25. The zero-order chi connectivity index (χ0) is 11.7. The first-order valence-corrected chi connectivity index (χ1v) is 5.39. The smallest absolute Gasteiger partial charge is 0.229 e. The quantitative estimate of drug-likeness (QED) is 0.755. The number of carbonyl (C=O) groups is 1. The van der Waals surface area contributed by atoms with Gasteiger partial charge in [-0.1, -0.05) is 23.2 Å². The first-order chi connectivity index (χ1) is 7.58. The van der Waals surface area contributed by atoms with Crippen LogP contribution in [0.15, 0.2) is 34.7 Å². The average Bonchev–Trinajstić information content (AvgIpc) is 2.64. The molecule has 0 spiro atoms. The normalized spacial score (nSPS) is 10.4. The minimum absolute atomic E-state index is 0.241. The Bertz CT molecular complexity index is 544. The highest BCUT2D eigenvalue weighted by Crippen LogP contribution is 2.24. The zero-order valence-corrected chi connectivity index (χ0v) is 9.97. The first kappa shape index (κ1) is 11.2. The van der Waals surface area contributed by atoms with Crippen molar-refractivity contribution in [2.24, 2.45) is 0 Å². The minimum Gasteiger partial charge on any atom is -0.458 e. The van der Waals surface area contributed by atoms with Gasteiger partial charge in [-0.05, 0) is 37.3 Å². The second kappa shape index (κ2) is 4.32. The molecule has 0 aliphatic carbocycles. The van der Waals surface area contributed by atoms with Crippen LogP contribution < -0.4 is 0 Å². The third-order valence-corrected chi connectivity index (χ3v) is 2.69. The Morgan fingerprint density at radius 3 is 2.50 bits per heavy atom. The number of halogens is 2. The van der Waals surface area contributed by atoms with Crippen molar-refractivity contribution in [3.05, 3.63) is 57.5 Å². The molecule has 0 saturated carbocycles. The van der Waals surface area contributed by atoms with Gasteiger partial charge in [0.15, 0.2) is 5.76 Å². The summed E-state index contributed by atoms with van der Waals surface area (Å²) in [6.07, 6.45) is 0. The van der Waals surface area contributed by atoms with E-state index < -0.39 is 0 Å². The highest BCUT2D eigenvalue weighted by atomic mass is 35.5. The highest BCUT2D eigenvalue weighted by molar-refractivity contribution is 6.37. The molecule has 0 fully saturated rings. The number of furan rings is 1. The van der Waals surface area contributed by atoms with Crippen LogP contribution in [-0.4, -0.2) is 5.78 Å². The molecule has 1 heterocycles. The fraction of sp³-hybridized carbons (Fsp3) is 0.0833. The average molecular weight is 255 g/mol. The SMILES string of the molecule is Cc1ccc(C(=O)c2ccc(Cl)cc2Cl)o1. The number of ketones is 1. The Morgan fingerprint density at radius 2 is 1.94 bits per heavy atom. The van der Waals surface area contributed by atoms with Crippen LogP contribution in [0.3, 0.4) is 0 Å². The minimum atomic E-state index is -0.241. The molecule has 1 aromatic heterocycles. The number of carbonyl (C=O) groups excluding carboxylic acids is 1. The van der Waals surface area contributed by atoms with Gasteiger partial charge in [0, 0.05) is 10.6 Å². The fourth-order valence-corrected chi connectivity index (χ4v) is 1.86. The molecular weight excluding hydrogens is 247 g/mol. The van der Waals surface area contributed by atoms with Crippen molar-refractivity contribution in [3.63, 3.8) is 0 Å². The summed E-state index contributed by atoms with van der Waals surface area (Å²) in [6, 6.07) is 8.10. The van der Waals surface area contributed by atoms with E-state index in [1.54, 1.807) is 31.2 Å². The van der Waals surface area contributed by atoms with Crippen molar-refractivity contribution in [1.82, 2.24) is 0 Å². The fourth-order valence-electron chi connectivity index (χ4n) is 1.36. The van der Waals surface area contributed by atoms with Gasteiger partial charge in [0.2, 0.25) is 5.78 Å². The second-order valence-electron chi connectivity index (χ2n) is 3.36. The van der Waals surface area contributed by atoms with E-state index in [9.17, 15) is 4.79 Å². The third kappa shape index (κ3) is 2.13. The Morgan fingerprint density at radius 1 is 1.19 bits per heavy atom. The Balaban J connectivity index is 2.41. The number of hydrogen-bond acceptors (Lipinski definition) is 2. The van der Waals surface area contributed by atoms with Crippen LogP contribution in [0.25, 0.3) is 0 Å². The molecular formula is C12H8Cl2O2. The van der Waals surface area contributed by atoms with Crippen LogP contribution in [0.5, 0.6) is 0 Å². The monoisotopic (exact) mass is 254 g/mol. The van der Waals surface area contributed by atoms with Crippen molar-refractivity contribution < 1.29 is 9.21 Å².